The fourth-order valence-corrected chi connectivity index (χ4v) is 3.31. The van der Waals surface area contributed by atoms with Crippen LogP contribution in [-0.2, 0) is 16.4 Å². The second kappa shape index (κ2) is 6.38. The van der Waals surface area contributed by atoms with E-state index in [4.69, 9.17) is 16.3 Å². The van der Waals surface area contributed by atoms with Crippen molar-refractivity contribution < 1.29 is 13.2 Å². The molecule has 0 unspecified atom stereocenters. The molecule has 10 heteroatoms. The number of hydrogen-bond donors (Lipinski definition) is 1. The van der Waals surface area contributed by atoms with Crippen LogP contribution in [0.2, 0.25) is 5.28 Å². The fraction of sp³-hybridized carbons (Fsp3) is 0.286. The molecule has 1 aromatic carbocycles. The highest BCUT2D eigenvalue weighted by Gasteiger charge is 2.26. The van der Waals surface area contributed by atoms with Crippen LogP contribution in [0.15, 0.2) is 22.8 Å². The Morgan fingerprint density at radius 2 is 2.17 bits per heavy atom. The number of ether oxygens (including phenoxy) is 1. The number of nitrogens with one attached hydrogen (secondary N) is 1. The van der Waals surface area contributed by atoms with Crippen molar-refractivity contribution >= 4 is 54.7 Å². The van der Waals surface area contributed by atoms with E-state index < -0.39 is 10.0 Å². The van der Waals surface area contributed by atoms with Crippen LogP contribution in [0.3, 0.4) is 0 Å². The van der Waals surface area contributed by atoms with Crippen molar-refractivity contribution in [1.82, 2.24) is 9.97 Å². The Morgan fingerprint density at radius 1 is 1.42 bits per heavy atom. The summed E-state index contributed by atoms with van der Waals surface area (Å²) in [6.07, 6.45) is 3.40. The molecule has 2 heterocycles. The van der Waals surface area contributed by atoms with E-state index in [-0.39, 0.29) is 5.28 Å². The van der Waals surface area contributed by atoms with Gasteiger partial charge in [-0.15, -0.1) is 0 Å². The Morgan fingerprint density at radius 3 is 2.88 bits per heavy atom. The number of rotatable bonds is 4. The van der Waals surface area contributed by atoms with E-state index in [2.05, 4.69) is 31.2 Å². The van der Waals surface area contributed by atoms with E-state index >= 15 is 0 Å². The quantitative estimate of drug-likeness (QED) is 0.746. The van der Waals surface area contributed by atoms with Gasteiger partial charge in [-0.05, 0) is 39.2 Å². The van der Waals surface area contributed by atoms with E-state index in [1.165, 1.54) is 17.5 Å². The van der Waals surface area contributed by atoms with E-state index in [0.717, 1.165) is 18.2 Å². The zero-order valence-corrected chi connectivity index (χ0v) is 16.0. The summed E-state index contributed by atoms with van der Waals surface area (Å²) in [6, 6.07) is 3.70. The van der Waals surface area contributed by atoms with Gasteiger partial charge in [0.2, 0.25) is 15.3 Å². The third kappa shape index (κ3) is 3.28. The molecule has 0 radical (unpaired) electrons. The standard InChI is InChI=1S/C14H14BrClN4O3S/c1-20(24(2,21)22)11-10(4-3-8-5-6-23-12(8)11)18-13-9(15)7-17-14(16)19-13/h3-4,7H,5-6H2,1-2H3,(H,17,18,19). The van der Waals surface area contributed by atoms with Crippen LogP contribution in [0.25, 0.3) is 0 Å². The Balaban J connectivity index is 2.13. The van der Waals surface area contributed by atoms with E-state index in [9.17, 15) is 8.42 Å². The van der Waals surface area contributed by atoms with Crippen molar-refractivity contribution in [2.24, 2.45) is 0 Å². The molecule has 1 aliphatic heterocycles. The minimum atomic E-state index is -3.47. The third-order valence-corrected chi connectivity index (χ3v) is 5.55. The molecule has 0 aliphatic carbocycles. The van der Waals surface area contributed by atoms with E-state index in [1.807, 2.05) is 6.07 Å². The summed E-state index contributed by atoms with van der Waals surface area (Å²) in [5.74, 6) is 0.986. The lowest BCUT2D eigenvalue weighted by molar-refractivity contribution is 0.358. The van der Waals surface area contributed by atoms with Crippen molar-refractivity contribution in [3.63, 3.8) is 0 Å². The summed E-state index contributed by atoms with van der Waals surface area (Å²) < 4.78 is 31.5. The van der Waals surface area contributed by atoms with Crippen molar-refractivity contribution in [3.05, 3.63) is 33.6 Å². The van der Waals surface area contributed by atoms with Crippen molar-refractivity contribution in [2.75, 3.05) is 29.5 Å². The average Bonchev–Trinajstić information content (AvgIpc) is 2.97. The van der Waals surface area contributed by atoms with Crippen LogP contribution in [-0.4, -0.2) is 38.3 Å². The summed E-state index contributed by atoms with van der Waals surface area (Å²) in [5.41, 5.74) is 1.94. The van der Waals surface area contributed by atoms with E-state index in [1.54, 1.807) is 6.07 Å². The molecule has 128 valence electrons. The molecule has 0 fully saturated rings. The van der Waals surface area contributed by atoms with Crippen molar-refractivity contribution in [1.29, 1.82) is 0 Å². The van der Waals surface area contributed by atoms with Gasteiger partial charge in [-0.2, -0.15) is 4.98 Å². The van der Waals surface area contributed by atoms with Crippen molar-refractivity contribution in [3.8, 4) is 5.75 Å². The zero-order valence-electron chi connectivity index (χ0n) is 12.9. The maximum Gasteiger partial charge on any atom is 0.232 e. The molecule has 0 spiro atoms. The molecule has 24 heavy (non-hydrogen) atoms. The summed E-state index contributed by atoms with van der Waals surface area (Å²) in [5, 5.41) is 3.18. The third-order valence-electron chi connectivity index (χ3n) is 3.61. The van der Waals surface area contributed by atoms with Crippen LogP contribution in [0.1, 0.15) is 5.56 Å². The first kappa shape index (κ1) is 17.2. The maximum atomic E-state index is 12.0. The number of aromatic nitrogens is 2. The molecule has 1 N–H and O–H groups in total. The molecule has 0 saturated carbocycles. The Kier molecular flexibility index (Phi) is 4.58. The lowest BCUT2D eigenvalue weighted by Gasteiger charge is -2.23. The normalized spacial score (nSPS) is 13.3. The van der Waals surface area contributed by atoms with Gasteiger partial charge in [-0.3, -0.25) is 4.31 Å². The zero-order chi connectivity index (χ0) is 17.5. The lowest BCUT2D eigenvalue weighted by Crippen LogP contribution is -2.26. The molecule has 0 amide bonds. The number of fused-ring (bicyclic) bond motifs is 1. The highest BCUT2D eigenvalue weighted by atomic mass is 79.9. The summed E-state index contributed by atoms with van der Waals surface area (Å²) in [7, 11) is -1.98. The number of benzene rings is 1. The largest absolute Gasteiger partial charge is 0.491 e. The fourth-order valence-electron chi connectivity index (χ4n) is 2.37. The first-order chi connectivity index (χ1) is 11.3. The summed E-state index contributed by atoms with van der Waals surface area (Å²) >= 11 is 9.18. The van der Waals surface area contributed by atoms with Crippen LogP contribution in [0.5, 0.6) is 5.75 Å². The SMILES string of the molecule is CN(c1c(Nc2nc(Cl)ncc2Br)ccc2c1OCC2)S(C)(=O)=O. The lowest BCUT2D eigenvalue weighted by atomic mass is 10.1. The summed E-state index contributed by atoms with van der Waals surface area (Å²) in [6.45, 7) is 0.520. The highest BCUT2D eigenvalue weighted by molar-refractivity contribution is 9.10. The Labute approximate surface area is 153 Å². The Hall–Kier alpha value is -1.58. The monoisotopic (exact) mass is 432 g/mol. The molecule has 2 aromatic rings. The highest BCUT2D eigenvalue weighted by Crippen LogP contribution is 2.43. The number of halogens is 2. The first-order valence-corrected chi connectivity index (χ1v) is 9.97. The second-order valence-corrected chi connectivity index (χ2v) is 8.45. The topological polar surface area (TPSA) is 84.4 Å². The number of nitrogens with zero attached hydrogens (tertiary/aromatic N) is 3. The molecule has 0 saturated heterocycles. The molecular formula is C14H14BrClN4O3S. The van der Waals surface area contributed by atoms with E-state index in [0.29, 0.717) is 34.0 Å². The van der Waals surface area contributed by atoms with Gasteiger partial charge >= 0.3 is 0 Å². The van der Waals surface area contributed by atoms with Gasteiger partial charge in [-0.1, -0.05) is 6.07 Å². The smallest absolute Gasteiger partial charge is 0.232 e. The van der Waals surface area contributed by atoms with Gasteiger partial charge in [0.1, 0.15) is 17.3 Å². The molecular weight excluding hydrogens is 420 g/mol. The van der Waals surface area contributed by atoms with Gasteiger partial charge in [0.15, 0.2) is 0 Å². The molecule has 3 rings (SSSR count). The molecule has 7 nitrogen and oxygen atoms in total. The molecule has 1 aliphatic rings. The average molecular weight is 434 g/mol. The number of anilines is 3. The summed E-state index contributed by atoms with van der Waals surface area (Å²) in [4.78, 5) is 7.98. The number of hydrogen-bond acceptors (Lipinski definition) is 6. The maximum absolute atomic E-state index is 12.0. The minimum absolute atomic E-state index is 0.0797. The minimum Gasteiger partial charge on any atom is -0.491 e. The second-order valence-electron chi connectivity index (χ2n) is 5.24. The van der Waals surface area contributed by atoms with Crippen LogP contribution < -0.4 is 14.4 Å². The molecule has 0 bridgehead atoms. The molecule has 0 atom stereocenters. The van der Waals surface area contributed by atoms with Crippen LogP contribution >= 0.6 is 27.5 Å². The van der Waals surface area contributed by atoms with Gasteiger partial charge < -0.3 is 10.1 Å². The van der Waals surface area contributed by atoms with Gasteiger partial charge in [0.05, 0.1) is 23.0 Å². The molecule has 1 aromatic heterocycles. The predicted octanol–water partition coefficient (Wildman–Crippen LogP) is 2.97. The first-order valence-electron chi connectivity index (χ1n) is 6.95. The van der Waals surface area contributed by atoms with Crippen molar-refractivity contribution in [2.45, 2.75) is 6.42 Å². The van der Waals surface area contributed by atoms with Gasteiger partial charge in [-0.25, -0.2) is 13.4 Å². The van der Waals surface area contributed by atoms with Gasteiger partial charge in [0.25, 0.3) is 0 Å². The van der Waals surface area contributed by atoms with Gasteiger partial charge in [0, 0.05) is 19.7 Å². The number of sulfonamides is 1. The predicted molar refractivity (Wildman–Crippen MR) is 96.9 cm³/mol. The Bertz CT molecular complexity index is 907. The van der Waals surface area contributed by atoms with Crippen LogP contribution in [0.4, 0.5) is 17.2 Å². The van der Waals surface area contributed by atoms with Crippen LogP contribution in [0, 0.1) is 0 Å².